The topological polar surface area (TPSA) is 76.8 Å². The molecule has 0 saturated carbocycles. The van der Waals surface area contributed by atoms with Crippen molar-refractivity contribution in [3.63, 3.8) is 0 Å². The minimum atomic E-state index is -0.683. The Labute approximate surface area is 122 Å². The van der Waals surface area contributed by atoms with Gasteiger partial charge in [0.1, 0.15) is 5.56 Å². The molecule has 1 aromatic rings. The predicted molar refractivity (Wildman–Crippen MR) is 71.9 cm³/mol. The number of carbonyl (C=O) groups excluding carboxylic acids is 3. The Morgan fingerprint density at radius 2 is 1.90 bits per heavy atom. The van der Waals surface area contributed by atoms with E-state index in [0.29, 0.717) is 5.56 Å². The lowest BCUT2D eigenvalue weighted by Gasteiger charge is -2.08. The van der Waals surface area contributed by atoms with Crippen LogP contribution in [0.4, 0.5) is 0 Å². The van der Waals surface area contributed by atoms with Crippen molar-refractivity contribution in [3.05, 3.63) is 42.2 Å². The molecule has 112 valence electrons. The molecule has 7 nitrogen and oxygen atoms in total. The number of esters is 2. The van der Waals surface area contributed by atoms with Crippen LogP contribution < -0.4 is 4.57 Å². The fourth-order valence-electron chi connectivity index (χ4n) is 1.38. The van der Waals surface area contributed by atoms with Crippen molar-refractivity contribution in [3.8, 4) is 0 Å². The molecule has 0 aliphatic rings. The van der Waals surface area contributed by atoms with Crippen molar-refractivity contribution in [2.75, 3.05) is 21.2 Å². The van der Waals surface area contributed by atoms with Gasteiger partial charge in [-0.25, -0.2) is 9.59 Å². The number of methoxy groups -OCH3 is 1. The highest BCUT2D eigenvalue weighted by atomic mass is 16.5. The molecule has 0 fully saturated rings. The highest BCUT2D eigenvalue weighted by Crippen LogP contribution is 1.98. The first-order valence-corrected chi connectivity index (χ1v) is 6.07. The maximum Gasteiger partial charge on any atom is 0.335 e. The first kappa shape index (κ1) is 16.4. The summed E-state index contributed by atoms with van der Waals surface area (Å²) in [6.07, 6.45) is 5.17. The zero-order valence-corrected chi connectivity index (χ0v) is 12.1. The van der Waals surface area contributed by atoms with E-state index in [1.807, 2.05) is 0 Å². The summed E-state index contributed by atoms with van der Waals surface area (Å²) in [4.78, 5) is 35.4. The lowest BCUT2D eigenvalue weighted by Crippen LogP contribution is -2.37. The van der Waals surface area contributed by atoms with Crippen molar-refractivity contribution < 1.29 is 28.4 Å². The number of ether oxygens (including phenoxy) is 2. The van der Waals surface area contributed by atoms with Gasteiger partial charge in [0.25, 0.3) is 12.6 Å². The number of carbonyl (C=O) groups is 3. The van der Waals surface area contributed by atoms with Gasteiger partial charge in [-0.2, -0.15) is 4.57 Å². The third kappa shape index (κ3) is 5.43. The molecule has 0 aliphatic carbocycles. The van der Waals surface area contributed by atoms with E-state index < -0.39 is 11.9 Å². The van der Waals surface area contributed by atoms with Gasteiger partial charge >= 0.3 is 11.9 Å². The van der Waals surface area contributed by atoms with Crippen LogP contribution in [-0.2, 0) is 25.8 Å². The molecule has 0 N–H and O–H groups in total. The second kappa shape index (κ2) is 7.78. The van der Waals surface area contributed by atoms with Crippen molar-refractivity contribution in [2.45, 2.75) is 6.73 Å². The van der Waals surface area contributed by atoms with Crippen LogP contribution in [0.3, 0.4) is 0 Å². The predicted octanol–water partition coefficient (Wildman–Crippen LogP) is -0.0942. The van der Waals surface area contributed by atoms with Crippen molar-refractivity contribution in [2.24, 2.45) is 0 Å². The average Bonchev–Trinajstić information content (AvgIpc) is 2.49. The molecule has 1 aromatic heterocycles. The Kier molecular flexibility index (Phi) is 6.06. The SMILES string of the molecule is COC(=O)C=CC(=O)OC[n+]1cccc(C(=O)N(C)C)c1. The van der Waals surface area contributed by atoms with E-state index in [-0.39, 0.29) is 12.6 Å². The molecule has 0 unspecified atom stereocenters. The minimum Gasteiger partial charge on any atom is -0.466 e. The van der Waals surface area contributed by atoms with Gasteiger partial charge in [-0.05, 0) is 6.07 Å². The summed E-state index contributed by atoms with van der Waals surface area (Å²) in [6.45, 7) is -0.0705. The summed E-state index contributed by atoms with van der Waals surface area (Å²) in [5, 5.41) is 0. The van der Waals surface area contributed by atoms with Gasteiger partial charge in [0.15, 0.2) is 12.4 Å². The van der Waals surface area contributed by atoms with Crippen LogP contribution in [0.2, 0.25) is 0 Å². The zero-order chi connectivity index (χ0) is 15.8. The van der Waals surface area contributed by atoms with Gasteiger partial charge in [-0.3, -0.25) is 4.79 Å². The number of hydrogen-bond acceptors (Lipinski definition) is 5. The molecule has 0 spiro atoms. The highest BCUT2D eigenvalue weighted by molar-refractivity contribution is 5.93. The van der Waals surface area contributed by atoms with E-state index in [9.17, 15) is 14.4 Å². The average molecular weight is 293 g/mol. The molecule has 1 rings (SSSR count). The summed E-state index contributed by atoms with van der Waals surface area (Å²) in [5.41, 5.74) is 0.476. The monoisotopic (exact) mass is 293 g/mol. The molecule has 0 radical (unpaired) electrons. The number of hydrogen-bond donors (Lipinski definition) is 0. The normalized spacial score (nSPS) is 10.2. The summed E-state index contributed by atoms with van der Waals surface area (Å²) in [7, 11) is 4.51. The molecular weight excluding hydrogens is 276 g/mol. The number of pyridine rings is 1. The van der Waals surface area contributed by atoms with Crippen LogP contribution in [0.5, 0.6) is 0 Å². The fraction of sp³-hybridized carbons (Fsp3) is 0.286. The number of amides is 1. The van der Waals surface area contributed by atoms with Crippen LogP contribution in [0, 0.1) is 0 Å². The van der Waals surface area contributed by atoms with E-state index in [4.69, 9.17) is 4.74 Å². The van der Waals surface area contributed by atoms with Crippen molar-refractivity contribution >= 4 is 17.8 Å². The number of nitrogens with zero attached hydrogens (tertiary/aromatic N) is 2. The van der Waals surface area contributed by atoms with Gasteiger partial charge in [0.05, 0.1) is 7.11 Å². The molecule has 1 amide bonds. The molecule has 0 atom stereocenters. The van der Waals surface area contributed by atoms with Crippen molar-refractivity contribution in [1.29, 1.82) is 0 Å². The maximum absolute atomic E-state index is 11.8. The number of aromatic nitrogens is 1. The van der Waals surface area contributed by atoms with Gasteiger partial charge in [-0.1, -0.05) is 0 Å². The third-order valence-electron chi connectivity index (χ3n) is 2.42. The second-order valence-corrected chi connectivity index (χ2v) is 4.26. The van der Waals surface area contributed by atoms with E-state index in [0.717, 1.165) is 12.2 Å². The van der Waals surface area contributed by atoms with Crippen LogP contribution >= 0.6 is 0 Å². The van der Waals surface area contributed by atoms with Crippen molar-refractivity contribution in [1.82, 2.24) is 4.90 Å². The molecule has 0 aromatic carbocycles. The second-order valence-electron chi connectivity index (χ2n) is 4.26. The first-order chi connectivity index (χ1) is 9.93. The van der Waals surface area contributed by atoms with E-state index in [2.05, 4.69) is 4.74 Å². The summed E-state index contributed by atoms with van der Waals surface area (Å²) in [5.74, 6) is -1.48. The number of rotatable bonds is 5. The van der Waals surface area contributed by atoms with E-state index in [1.54, 1.807) is 43.2 Å². The van der Waals surface area contributed by atoms with Gasteiger partial charge < -0.3 is 14.4 Å². The molecule has 0 aliphatic heterocycles. The molecule has 0 bridgehead atoms. The van der Waals surface area contributed by atoms with Gasteiger partial charge in [0.2, 0.25) is 0 Å². The summed E-state index contributed by atoms with van der Waals surface area (Å²) >= 11 is 0. The highest BCUT2D eigenvalue weighted by Gasteiger charge is 2.13. The molecule has 21 heavy (non-hydrogen) atoms. The summed E-state index contributed by atoms with van der Waals surface area (Å²) < 4.78 is 10.8. The minimum absolute atomic E-state index is 0.0705. The van der Waals surface area contributed by atoms with Crippen LogP contribution in [0.15, 0.2) is 36.7 Å². The quantitative estimate of drug-likeness (QED) is 0.431. The zero-order valence-electron chi connectivity index (χ0n) is 12.1. The van der Waals surface area contributed by atoms with Crippen LogP contribution in [0.25, 0.3) is 0 Å². The first-order valence-electron chi connectivity index (χ1n) is 6.07. The summed E-state index contributed by atoms with van der Waals surface area (Å²) in [6, 6.07) is 3.34. The standard InChI is InChI=1S/C14H17N2O5/c1-15(2)14(19)11-5-4-8-16(9-11)10-21-13(18)7-6-12(17)20-3/h4-9H,10H2,1-3H3/q+1. The van der Waals surface area contributed by atoms with E-state index in [1.165, 1.54) is 12.0 Å². The lowest BCUT2D eigenvalue weighted by molar-refractivity contribution is -0.727. The van der Waals surface area contributed by atoms with E-state index >= 15 is 0 Å². The Morgan fingerprint density at radius 1 is 1.24 bits per heavy atom. The van der Waals surface area contributed by atoms with Gasteiger partial charge in [-0.15, -0.1) is 0 Å². The Bertz CT molecular complexity index is 566. The van der Waals surface area contributed by atoms with Crippen LogP contribution in [-0.4, -0.2) is 44.0 Å². The molecule has 0 saturated heterocycles. The maximum atomic E-state index is 11.8. The largest absolute Gasteiger partial charge is 0.466 e. The fourth-order valence-corrected chi connectivity index (χ4v) is 1.38. The lowest BCUT2D eigenvalue weighted by atomic mass is 10.2. The smallest absolute Gasteiger partial charge is 0.335 e. The Balaban J connectivity index is 2.62. The Morgan fingerprint density at radius 3 is 2.52 bits per heavy atom. The van der Waals surface area contributed by atoms with Gasteiger partial charge in [0, 0.05) is 32.3 Å². The molecule has 7 heteroatoms. The third-order valence-corrected chi connectivity index (χ3v) is 2.42. The molecule has 1 heterocycles. The van der Waals surface area contributed by atoms with Crippen LogP contribution in [0.1, 0.15) is 10.4 Å². The Hall–Kier alpha value is -2.70. The molecular formula is C14H17N2O5+.